The lowest BCUT2D eigenvalue weighted by Crippen LogP contribution is -2.33. The van der Waals surface area contributed by atoms with Crippen LogP contribution in [0.5, 0.6) is 5.75 Å². The maximum absolute atomic E-state index is 12.5. The highest BCUT2D eigenvalue weighted by Crippen LogP contribution is 2.26. The molecule has 8 nitrogen and oxygen atoms in total. The molecule has 0 atom stereocenters. The smallest absolute Gasteiger partial charge is 0.337 e. The van der Waals surface area contributed by atoms with Gasteiger partial charge in [0.05, 0.1) is 22.0 Å². The molecule has 1 N–H and O–H groups in total. The summed E-state index contributed by atoms with van der Waals surface area (Å²) in [7, 11) is -0.784. The Labute approximate surface area is 184 Å². The van der Waals surface area contributed by atoms with E-state index >= 15 is 0 Å². The molecule has 0 aliphatic heterocycles. The van der Waals surface area contributed by atoms with Gasteiger partial charge in [-0.3, -0.25) is 4.79 Å². The van der Waals surface area contributed by atoms with Crippen LogP contribution in [-0.4, -0.2) is 51.4 Å². The molecule has 0 spiro atoms. The van der Waals surface area contributed by atoms with Crippen LogP contribution in [0.4, 0.5) is 5.69 Å². The molecule has 10 heteroatoms. The van der Waals surface area contributed by atoms with Crippen LogP contribution < -0.4 is 10.1 Å². The van der Waals surface area contributed by atoms with Gasteiger partial charge in [-0.05, 0) is 72.2 Å². The molecule has 0 aliphatic rings. The molecule has 0 aromatic heterocycles. The first-order chi connectivity index (χ1) is 14.1. The van der Waals surface area contributed by atoms with Crippen LogP contribution in [0, 0.1) is 0 Å². The summed E-state index contributed by atoms with van der Waals surface area (Å²) in [6.45, 7) is 3.30. The van der Waals surface area contributed by atoms with E-state index in [1.165, 1.54) is 54.9 Å². The van der Waals surface area contributed by atoms with Crippen molar-refractivity contribution >= 4 is 43.5 Å². The lowest BCUT2D eigenvalue weighted by Gasteiger charge is -2.21. The Bertz CT molecular complexity index is 1020. The molecule has 0 radical (unpaired) electrons. The number of methoxy groups -OCH3 is 1. The van der Waals surface area contributed by atoms with Gasteiger partial charge in [0, 0.05) is 18.8 Å². The van der Waals surface area contributed by atoms with Gasteiger partial charge in [-0.15, -0.1) is 0 Å². The predicted molar refractivity (Wildman–Crippen MR) is 116 cm³/mol. The summed E-state index contributed by atoms with van der Waals surface area (Å²) >= 11 is 3.28. The van der Waals surface area contributed by atoms with Gasteiger partial charge < -0.3 is 14.8 Å². The van der Waals surface area contributed by atoms with E-state index in [0.717, 1.165) is 0 Å². The number of hydrogen-bond donors (Lipinski definition) is 1. The molecule has 0 unspecified atom stereocenters. The number of rotatable bonds is 8. The molecule has 0 aliphatic carbocycles. The van der Waals surface area contributed by atoms with Crippen LogP contribution in [0.15, 0.2) is 51.8 Å². The molecule has 0 heterocycles. The first-order valence-electron chi connectivity index (χ1n) is 8.95. The summed E-state index contributed by atoms with van der Waals surface area (Å²) in [4.78, 5) is 23.8. The number of sulfonamides is 1. The van der Waals surface area contributed by atoms with Crippen molar-refractivity contribution in [2.45, 2.75) is 24.8 Å². The summed E-state index contributed by atoms with van der Waals surface area (Å²) < 4.78 is 36.8. The lowest BCUT2D eigenvalue weighted by atomic mass is 10.2. The number of benzene rings is 2. The van der Waals surface area contributed by atoms with E-state index in [9.17, 15) is 18.0 Å². The van der Waals surface area contributed by atoms with Crippen LogP contribution in [0.25, 0.3) is 0 Å². The van der Waals surface area contributed by atoms with Crippen LogP contribution in [0.1, 0.15) is 24.2 Å². The lowest BCUT2D eigenvalue weighted by molar-refractivity contribution is -0.118. The number of esters is 1. The van der Waals surface area contributed by atoms with E-state index in [1.807, 2.05) is 0 Å². The monoisotopic (exact) mass is 498 g/mol. The summed E-state index contributed by atoms with van der Waals surface area (Å²) in [5.41, 5.74) is 0.786. The average molecular weight is 499 g/mol. The zero-order chi connectivity index (χ0) is 22.5. The number of nitrogens with one attached hydrogen (secondary N) is 1. The second-order valence-corrected chi connectivity index (χ2v) is 9.46. The molecule has 162 valence electrons. The van der Waals surface area contributed by atoms with Crippen molar-refractivity contribution in [1.29, 1.82) is 0 Å². The van der Waals surface area contributed by atoms with Crippen molar-refractivity contribution in [3.63, 3.8) is 0 Å². The highest BCUT2D eigenvalue weighted by molar-refractivity contribution is 9.10. The van der Waals surface area contributed by atoms with Gasteiger partial charge in [-0.1, -0.05) is 0 Å². The molecular formula is C20H23BrN2O6S. The van der Waals surface area contributed by atoms with Crippen molar-refractivity contribution in [3.05, 3.63) is 52.5 Å². The Hall–Kier alpha value is -2.43. The summed E-state index contributed by atoms with van der Waals surface area (Å²) in [6, 6.07) is 10.3. The van der Waals surface area contributed by atoms with E-state index in [2.05, 4.69) is 26.0 Å². The number of carbonyl (C=O) groups excluding carboxylic acids is 2. The Morgan fingerprint density at radius 1 is 1.13 bits per heavy atom. The Morgan fingerprint density at radius 3 is 2.30 bits per heavy atom. The summed E-state index contributed by atoms with van der Waals surface area (Å²) in [6.07, 6.45) is 0. The molecule has 0 fully saturated rings. The summed E-state index contributed by atoms with van der Waals surface area (Å²) in [5.74, 6) is -0.519. The van der Waals surface area contributed by atoms with Crippen molar-refractivity contribution < 1.29 is 27.5 Å². The molecule has 2 aromatic carbocycles. The fourth-order valence-corrected chi connectivity index (χ4v) is 4.22. The van der Waals surface area contributed by atoms with Crippen LogP contribution in [0.3, 0.4) is 0 Å². The van der Waals surface area contributed by atoms with Crippen molar-refractivity contribution in [2.24, 2.45) is 0 Å². The molecule has 1 amide bonds. The summed E-state index contributed by atoms with van der Waals surface area (Å²) in [5, 5.41) is 2.64. The number of ether oxygens (including phenoxy) is 2. The maximum atomic E-state index is 12.5. The molecule has 2 rings (SSSR count). The maximum Gasteiger partial charge on any atom is 0.337 e. The molecule has 30 heavy (non-hydrogen) atoms. The van der Waals surface area contributed by atoms with E-state index < -0.39 is 21.9 Å². The molecule has 0 bridgehead atoms. The quantitative estimate of drug-likeness (QED) is 0.560. The number of carbonyl (C=O) groups is 2. The van der Waals surface area contributed by atoms with Crippen LogP contribution >= 0.6 is 15.9 Å². The first-order valence-corrected chi connectivity index (χ1v) is 11.2. The van der Waals surface area contributed by atoms with E-state index in [4.69, 9.17) is 4.74 Å². The predicted octanol–water partition coefficient (Wildman–Crippen LogP) is 3.28. The highest BCUT2D eigenvalue weighted by Gasteiger charge is 2.22. The van der Waals surface area contributed by atoms with Crippen molar-refractivity contribution in [1.82, 2.24) is 4.31 Å². The van der Waals surface area contributed by atoms with Gasteiger partial charge in [0.1, 0.15) is 5.75 Å². The van der Waals surface area contributed by atoms with E-state index in [1.54, 1.807) is 19.9 Å². The number of anilines is 1. The normalized spacial score (nSPS) is 11.4. The Kier molecular flexibility index (Phi) is 7.99. The second kappa shape index (κ2) is 10.1. The third kappa shape index (κ3) is 5.80. The third-order valence-corrected chi connectivity index (χ3v) is 6.92. The average Bonchev–Trinajstić information content (AvgIpc) is 2.71. The first kappa shape index (κ1) is 23.8. The number of hydrogen-bond acceptors (Lipinski definition) is 6. The van der Waals surface area contributed by atoms with Gasteiger partial charge in [0.2, 0.25) is 10.0 Å². The molecule has 2 aromatic rings. The number of amides is 1. The molecule has 0 saturated heterocycles. The van der Waals surface area contributed by atoms with Crippen LogP contribution in [-0.2, 0) is 19.6 Å². The van der Waals surface area contributed by atoms with Gasteiger partial charge in [-0.25, -0.2) is 13.2 Å². The van der Waals surface area contributed by atoms with E-state index in [-0.39, 0.29) is 17.5 Å². The van der Waals surface area contributed by atoms with Crippen LogP contribution in [0.2, 0.25) is 0 Å². The molecular weight excluding hydrogens is 476 g/mol. The SMILES string of the molecule is COC(=O)c1ccc(OCC(=O)Nc2ccc(S(=O)(=O)N(C)C(C)C)cc2)c(Br)c1. The third-order valence-electron chi connectivity index (χ3n) is 4.25. The number of nitrogens with zero attached hydrogens (tertiary/aromatic N) is 1. The number of halogens is 1. The minimum absolute atomic E-state index is 0.141. The Morgan fingerprint density at radius 2 is 1.77 bits per heavy atom. The van der Waals surface area contributed by atoms with Crippen molar-refractivity contribution in [3.8, 4) is 5.75 Å². The fourth-order valence-electron chi connectivity index (χ4n) is 2.36. The highest BCUT2D eigenvalue weighted by atomic mass is 79.9. The molecule has 0 saturated carbocycles. The van der Waals surface area contributed by atoms with Gasteiger partial charge in [0.25, 0.3) is 5.91 Å². The Balaban J connectivity index is 1.98. The van der Waals surface area contributed by atoms with E-state index in [0.29, 0.717) is 21.5 Å². The zero-order valence-corrected chi connectivity index (χ0v) is 19.4. The minimum atomic E-state index is -3.59. The fraction of sp³-hybridized carbons (Fsp3) is 0.300. The van der Waals surface area contributed by atoms with Crippen molar-refractivity contribution in [2.75, 3.05) is 26.1 Å². The second-order valence-electron chi connectivity index (χ2n) is 6.61. The van der Waals surface area contributed by atoms with Gasteiger partial charge in [0.15, 0.2) is 6.61 Å². The van der Waals surface area contributed by atoms with Gasteiger partial charge in [-0.2, -0.15) is 4.31 Å². The minimum Gasteiger partial charge on any atom is -0.483 e. The largest absolute Gasteiger partial charge is 0.483 e. The van der Waals surface area contributed by atoms with Gasteiger partial charge >= 0.3 is 5.97 Å². The zero-order valence-electron chi connectivity index (χ0n) is 17.0. The topological polar surface area (TPSA) is 102 Å². The standard InChI is InChI=1S/C20H23BrN2O6S/c1-13(2)23(3)30(26,27)16-8-6-15(7-9-16)22-19(24)12-29-18-10-5-14(11-17(18)21)20(25)28-4/h5-11,13H,12H2,1-4H3,(H,22,24).